The minimum Gasteiger partial charge on any atom is -0.451 e. The summed E-state index contributed by atoms with van der Waals surface area (Å²) in [6, 6.07) is 21.8. The van der Waals surface area contributed by atoms with Crippen LogP contribution in [0.1, 0.15) is 78.1 Å². The highest BCUT2D eigenvalue weighted by atomic mass is 35.5. The summed E-state index contributed by atoms with van der Waals surface area (Å²) in [5, 5.41) is 4.55. The van der Waals surface area contributed by atoms with E-state index in [9.17, 15) is 14.4 Å². The van der Waals surface area contributed by atoms with Gasteiger partial charge in [-0.2, -0.15) is 0 Å². The first-order valence-electron chi connectivity index (χ1n) is 15.7. The molecule has 4 aromatic rings. The number of rotatable bonds is 8. The molecule has 0 unspecified atom stereocenters. The van der Waals surface area contributed by atoms with Gasteiger partial charge in [-0.05, 0) is 91.8 Å². The lowest BCUT2D eigenvalue weighted by molar-refractivity contribution is -0.133. The first kappa shape index (κ1) is 31.1. The number of hydrogen-bond donors (Lipinski definition) is 1. The molecule has 1 aliphatic carbocycles. The minimum atomic E-state index is -0.459. The largest absolute Gasteiger partial charge is 0.451 e. The van der Waals surface area contributed by atoms with E-state index in [2.05, 4.69) is 35.7 Å². The van der Waals surface area contributed by atoms with Crippen molar-refractivity contribution < 1.29 is 14.0 Å². The molecule has 8 heteroatoms. The van der Waals surface area contributed by atoms with Crippen molar-refractivity contribution in [3.8, 4) is 0 Å². The highest BCUT2D eigenvalue weighted by Gasteiger charge is 2.25. The summed E-state index contributed by atoms with van der Waals surface area (Å²) in [5.41, 5.74) is 4.89. The van der Waals surface area contributed by atoms with Crippen molar-refractivity contribution in [1.29, 1.82) is 0 Å². The van der Waals surface area contributed by atoms with Crippen LogP contribution in [0.3, 0.4) is 0 Å². The van der Waals surface area contributed by atoms with Gasteiger partial charge in [-0.15, -0.1) is 0 Å². The molecule has 1 atom stereocenters. The highest BCUT2D eigenvalue weighted by Crippen LogP contribution is 2.37. The zero-order valence-electron chi connectivity index (χ0n) is 25.1. The molecule has 1 aliphatic heterocycles. The Bertz CT molecular complexity index is 1790. The monoisotopic (exact) mass is 642 g/mol. The number of piperidine rings is 1. The summed E-state index contributed by atoms with van der Waals surface area (Å²) in [4.78, 5) is 40.6. The predicted molar refractivity (Wildman–Crippen MR) is 179 cm³/mol. The Morgan fingerprint density at radius 2 is 1.69 bits per heavy atom. The average Bonchev–Trinajstić information content (AvgIpc) is 3.03. The van der Waals surface area contributed by atoms with Crippen molar-refractivity contribution in [2.45, 2.75) is 69.9 Å². The normalized spacial score (nSPS) is 17.7. The number of hydrogen-bond acceptors (Lipinski definition) is 4. The van der Waals surface area contributed by atoms with Crippen LogP contribution in [0.2, 0.25) is 10.0 Å². The predicted octanol–water partition coefficient (Wildman–Crippen LogP) is 8.24. The first-order chi connectivity index (χ1) is 21.8. The van der Waals surface area contributed by atoms with Crippen LogP contribution in [0.15, 0.2) is 93.7 Å². The van der Waals surface area contributed by atoms with Gasteiger partial charge in [0, 0.05) is 41.7 Å². The van der Waals surface area contributed by atoms with E-state index in [1.807, 2.05) is 29.2 Å². The number of carbonyl (C=O) groups excluding carboxylic acids is 2. The second kappa shape index (κ2) is 14.1. The van der Waals surface area contributed by atoms with E-state index in [1.165, 1.54) is 22.8 Å². The fourth-order valence-corrected chi connectivity index (χ4v) is 6.86. The molecule has 1 N–H and O–H groups in total. The van der Waals surface area contributed by atoms with Gasteiger partial charge < -0.3 is 14.6 Å². The maximum absolute atomic E-state index is 13.4. The SMILES string of the molecule is O=C(N[C@H](C=C1CCC(c2ccccc2CN2CCCCC2=O)CC1)Cc1ccc(Cl)cc1)c1cc(=O)c2ccc(Cl)cc2o1. The van der Waals surface area contributed by atoms with Crippen LogP contribution in [-0.2, 0) is 17.8 Å². The third-order valence-corrected chi connectivity index (χ3v) is 9.43. The Morgan fingerprint density at radius 3 is 2.47 bits per heavy atom. The summed E-state index contributed by atoms with van der Waals surface area (Å²) in [6.45, 7) is 1.52. The molecule has 2 amide bonds. The number of nitrogens with zero attached hydrogens (tertiary/aromatic N) is 1. The number of likely N-dealkylation sites (tertiary alicyclic amines) is 1. The number of benzene rings is 3. The molecule has 2 aliphatic rings. The van der Waals surface area contributed by atoms with E-state index < -0.39 is 5.91 Å². The van der Waals surface area contributed by atoms with Gasteiger partial charge in [0.25, 0.3) is 5.91 Å². The van der Waals surface area contributed by atoms with Crippen molar-refractivity contribution in [3.05, 3.63) is 127 Å². The maximum Gasteiger partial charge on any atom is 0.287 e. The average molecular weight is 644 g/mol. The highest BCUT2D eigenvalue weighted by molar-refractivity contribution is 6.31. The number of fused-ring (bicyclic) bond motifs is 1. The van der Waals surface area contributed by atoms with Crippen LogP contribution in [0, 0.1) is 0 Å². The van der Waals surface area contributed by atoms with Crippen molar-refractivity contribution in [3.63, 3.8) is 0 Å². The van der Waals surface area contributed by atoms with Gasteiger partial charge >= 0.3 is 0 Å². The topological polar surface area (TPSA) is 79.6 Å². The van der Waals surface area contributed by atoms with Crippen molar-refractivity contribution in [1.82, 2.24) is 10.2 Å². The van der Waals surface area contributed by atoms with Crippen molar-refractivity contribution >= 4 is 46.0 Å². The van der Waals surface area contributed by atoms with Crippen LogP contribution in [-0.4, -0.2) is 29.3 Å². The number of allylic oxidation sites excluding steroid dienone is 1. The molecule has 1 saturated heterocycles. The standard InChI is InChI=1S/C37H36Cl2N2O4/c38-28-14-10-25(11-15-28)20-30(40-37(44)35-22-33(42)32-17-16-29(39)21-34(32)45-35)19-24-8-12-26(13-9-24)31-6-2-1-5-27(31)23-41-18-4-3-7-36(41)43/h1-2,5-6,10-11,14-17,19,21-22,26,30H,3-4,7-9,12-13,18,20,23H2,(H,40,44)/t26?,30-/m1/s1. The molecule has 3 aromatic carbocycles. The number of carbonyl (C=O) groups is 2. The first-order valence-corrected chi connectivity index (χ1v) is 16.4. The van der Waals surface area contributed by atoms with Gasteiger partial charge in [-0.25, -0.2) is 0 Å². The smallest absolute Gasteiger partial charge is 0.287 e. The molecule has 0 bridgehead atoms. The summed E-state index contributed by atoms with van der Waals surface area (Å²) in [7, 11) is 0. The van der Waals surface area contributed by atoms with E-state index >= 15 is 0 Å². The van der Waals surface area contributed by atoms with Gasteiger partial charge in [0.15, 0.2) is 11.2 Å². The molecule has 6 rings (SSSR count). The van der Waals surface area contributed by atoms with Gasteiger partial charge in [-0.3, -0.25) is 14.4 Å². The summed E-state index contributed by atoms with van der Waals surface area (Å²) >= 11 is 12.2. The van der Waals surface area contributed by atoms with Gasteiger partial charge in [0.2, 0.25) is 5.91 Å². The van der Waals surface area contributed by atoms with E-state index in [1.54, 1.807) is 18.2 Å². The lowest BCUT2D eigenvalue weighted by Crippen LogP contribution is -2.36. The number of amides is 2. The fraction of sp³-hybridized carbons (Fsp3) is 0.324. The minimum absolute atomic E-state index is 0.0539. The van der Waals surface area contributed by atoms with Crippen molar-refractivity contribution in [2.24, 2.45) is 0 Å². The van der Waals surface area contributed by atoms with Gasteiger partial charge in [0.1, 0.15) is 5.58 Å². The summed E-state index contributed by atoms with van der Waals surface area (Å²) < 4.78 is 5.82. The van der Waals surface area contributed by atoms with Crippen LogP contribution < -0.4 is 10.7 Å². The van der Waals surface area contributed by atoms with E-state index in [0.29, 0.717) is 40.7 Å². The molecule has 45 heavy (non-hydrogen) atoms. The van der Waals surface area contributed by atoms with Gasteiger partial charge in [-0.1, -0.05) is 71.2 Å². The Kier molecular flexibility index (Phi) is 9.72. The van der Waals surface area contributed by atoms with Crippen LogP contribution in [0.5, 0.6) is 0 Å². The van der Waals surface area contributed by atoms with E-state index in [0.717, 1.165) is 50.6 Å². The molecule has 1 aromatic heterocycles. The van der Waals surface area contributed by atoms with E-state index in [4.69, 9.17) is 27.6 Å². The molecule has 2 fully saturated rings. The molecule has 6 nitrogen and oxygen atoms in total. The second-order valence-corrected chi connectivity index (χ2v) is 13.0. The zero-order chi connectivity index (χ0) is 31.3. The Morgan fingerprint density at radius 1 is 0.933 bits per heavy atom. The quantitative estimate of drug-likeness (QED) is 0.196. The molecular weight excluding hydrogens is 607 g/mol. The molecule has 0 spiro atoms. The van der Waals surface area contributed by atoms with Crippen LogP contribution >= 0.6 is 23.2 Å². The van der Waals surface area contributed by atoms with Crippen LogP contribution in [0.4, 0.5) is 0 Å². The zero-order valence-corrected chi connectivity index (χ0v) is 26.6. The maximum atomic E-state index is 13.4. The molecular formula is C37H36Cl2N2O4. The lowest BCUT2D eigenvalue weighted by atomic mass is 9.79. The number of halogens is 2. The third-order valence-electron chi connectivity index (χ3n) is 8.94. The Labute approximate surface area is 273 Å². The van der Waals surface area contributed by atoms with Crippen LogP contribution in [0.25, 0.3) is 11.0 Å². The molecule has 0 radical (unpaired) electrons. The summed E-state index contributed by atoms with van der Waals surface area (Å²) in [5.74, 6) is 0.160. The Hall–Kier alpha value is -3.87. The fourth-order valence-electron chi connectivity index (χ4n) is 6.57. The van der Waals surface area contributed by atoms with Crippen molar-refractivity contribution in [2.75, 3.05) is 6.54 Å². The number of nitrogens with one attached hydrogen (secondary N) is 1. The third kappa shape index (κ3) is 7.69. The molecule has 2 heterocycles. The van der Waals surface area contributed by atoms with Gasteiger partial charge in [0.05, 0.1) is 11.4 Å². The lowest BCUT2D eigenvalue weighted by Gasteiger charge is -2.31. The summed E-state index contributed by atoms with van der Waals surface area (Å²) in [6.07, 6.45) is 9.26. The Balaban J connectivity index is 1.19. The van der Waals surface area contributed by atoms with E-state index in [-0.39, 0.29) is 28.7 Å². The second-order valence-electron chi connectivity index (χ2n) is 12.1. The molecule has 1 saturated carbocycles. The molecule has 232 valence electrons.